The number of carbonyl (C=O) groups is 1. The Labute approximate surface area is 116 Å². The maximum Gasteiger partial charge on any atom is 0.244 e. The second kappa shape index (κ2) is 6.53. The van der Waals surface area contributed by atoms with Crippen molar-refractivity contribution in [2.24, 2.45) is 0 Å². The van der Waals surface area contributed by atoms with E-state index in [0.717, 1.165) is 11.1 Å². The Hall–Kier alpha value is -1.61. The Kier molecular flexibility index (Phi) is 5.31. The number of rotatable bonds is 5. The molecule has 1 aromatic carbocycles. The number of amides is 1. The largest absolute Gasteiger partial charge is 0.351 e. The highest BCUT2D eigenvalue weighted by molar-refractivity contribution is 5.94. The minimum atomic E-state index is -0.0514. The van der Waals surface area contributed by atoms with Crippen LogP contribution < -0.4 is 5.32 Å². The van der Waals surface area contributed by atoms with Crippen LogP contribution >= 0.6 is 0 Å². The van der Waals surface area contributed by atoms with Crippen molar-refractivity contribution in [3.05, 3.63) is 42.0 Å². The molecule has 3 heteroatoms. The van der Waals surface area contributed by atoms with Gasteiger partial charge in [0.25, 0.3) is 0 Å². The van der Waals surface area contributed by atoms with Gasteiger partial charge >= 0.3 is 0 Å². The zero-order chi connectivity index (χ0) is 14.5. The number of nitrogens with zero attached hydrogens (tertiary/aromatic N) is 1. The summed E-state index contributed by atoms with van der Waals surface area (Å²) in [6, 6.07) is 9.92. The van der Waals surface area contributed by atoms with Crippen LogP contribution in [-0.4, -0.2) is 37.0 Å². The molecule has 0 heterocycles. The minimum absolute atomic E-state index is 0.0451. The Bertz CT molecular complexity index is 447. The average Bonchev–Trinajstić information content (AvgIpc) is 2.37. The number of hydrogen-bond acceptors (Lipinski definition) is 2. The summed E-state index contributed by atoms with van der Waals surface area (Å²) in [7, 11) is 4.02. The summed E-state index contributed by atoms with van der Waals surface area (Å²) < 4.78 is 0. The number of likely N-dealkylation sites (N-methyl/N-ethyl adjacent to an activating group) is 1. The lowest BCUT2D eigenvalue weighted by molar-refractivity contribution is -0.116. The molecule has 0 saturated heterocycles. The zero-order valence-corrected chi connectivity index (χ0v) is 12.5. The monoisotopic (exact) mass is 260 g/mol. The summed E-state index contributed by atoms with van der Waals surface area (Å²) in [5, 5.41) is 2.95. The second-order valence-electron chi connectivity index (χ2n) is 5.62. The summed E-state index contributed by atoms with van der Waals surface area (Å²) in [6.45, 7) is 6.77. The van der Waals surface area contributed by atoms with Crippen LogP contribution in [0.1, 0.15) is 26.3 Å². The lowest BCUT2D eigenvalue weighted by atomic mass is 10.0. The van der Waals surface area contributed by atoms with E-state index in [0.29, 0.717) is 6.54 Å². The molecule has 0 aliphatic heterocycles. The summed E-state index contributed by atoms with van der Waals surface area (Å²) in [4.78, 5) is 14.0. The Balaban J connectivity index is 2.61. The molecule has 0 aliphatic rings. The van der Waals surface area contributed by atoms with Crippen molar-refractivity contribution in [3.8, 4) is 0 Å². The zero-order valence-electron chi connectivity index (χ0n) is 12.5. The number of benzene rings is 1. The van der Waals surface area contributed by atoms with Crippen LogP contribution in [0, 0.1) is 0 Å². The quantitative estimate of drug-likeness (QED) is 0.825. The molecule has 1 aromatic rings. The molecule has 0 radical (unpaired) electrons. The summed E-state index contributed by atoms with van der Waals surface area (Å²) in [5.74, 6) is -0.0451. The first kappa shape index (κ1) is 15.4. The Morgan fingerprint density at radius 2 is 1.84 bits per heavy atom. The third-order valence-corrected chi connectivity index (χ3v) is 3.48. The van der Waals surface area contributed by atoms with E-state index in [2.05, 4.69) is 24.1 Å². The lowest BCUT2D eigenvalue weighted by Gasteiger charge is -2.32. The van der Waals surface area contributed by atoms with E-state index in [1.54, 1.807) is 6.08 Å². The summed E-state index contributed by atoms with van der Waals surface area (Å²) in [5.41, 5.74) is 2.00. The van der Waals surface area contributed by atoms with Gasteiger partial charge in [0, 0.05) is 18.2 Å². The third kappa shape index (κ3) is 4.87. The molecule has 19 heavy (non-hydrogen) atoms. The number of nitrogens with one attached hydrogen (secondary N) is 1. The summed E-state index contributed by atoms with van der Waals surface area (Å²) >= 11 is 0. The molecule has 3 nitrogen and oxygen atoms in total. The summed E-state index contributed by atoms with van der Waals surface area (Å²) in [6.07, 6.45) is 1.65. The number of allylic oxidation sites excluding steroid dienone is 1. The molecule has 0 saturated carbocycles. The highest BCUT2D eigenvalue weighted by atomic mass is 16.1. The van der Waals surface area contributed by atoms with E-state index in [1.165, 1.54) is 0 Å². The van der Waals surface area contributed by atoms with E-state index < -0.39 is 0 Å². The number of hydrogen-bond donors (Lipinski definition) is 1. The molecular weight excluding hydrogens is 236 g/mol. The molecule has 0 unspecified atom stereocenters. The first-order valence-electron chi connectivity index (χ1n) is 6.52. The second-order valence-corrected chi connectivity index (χ2v) is 5.62. The van der Waals surface area contributed by atoms with E-state index in [9.17, 15) is 4.79 Å². The van der Waals surface area contributed by atoms with Crippen LogP contribution in [0.4, 0.5) is 0 Å². The molecule has 1 rings (SSSR count). The van der Waals surface area contributed by atoms with Gasteiger partial charge in [-0.2, -0.15) is 0 Å². The highest BCUT2D eigenvalue weighted by Gasteiger charge is 2.20. The average molecular weight is 260 g/mol. The first-order chi connectivity index (χ1) is 8.83. The van der Waals surface area contributed by atoms with Gasteiger partial charge in [-0.3, -0.25) is 4.79 Å². The molecule has 1 amide bonds. The van der Waals surface area contributed by atoms with E-state index in [-0.39, 0.29) is 11.4 Å². The van der Waals surface area contributed by atoms with Gasteiger partial charge in [-0.1, -0.05) is 30.3 Å². The van der Waals surface area contributed by atoms with Crippen molar-refractivity contribution < 1.29 is 4.79 Å². The molecule has 0 spiro atoms. The van der Waals surface area contributed by atoms with Crippen LogP contribution in [0.5, 0.6) is 0 Å². The van der Waals surface area contributed by atoms with Gasteiger partial charge in [-0.05, 0) is 46.0 Å². The Morgan fingerprint density at radius 1 is 1.26 bits per heavy atom. The first-order valence-corrected chi connectivity index (χ1v) is 6.52. The topological polar surface area (TPSA) is 32.3 Å². The minimum Gasteiger partial charge on any atom is -0.351 e. The van der Waals surface area contributed by atoms with Crippen LogP contribution in [0.15, 0.2) is 36.4 Å². The lowest BCUT2D eigenvalue weighted by Crippen LogP contribution is -2.47. The fourth-order valence-electron chi connectivity index (χ4n) is 1.49. The van der Waals surface area contributed by atoms with Gasteiger partial charge in [0.15, 0.2) is 0 Å². The highest BCUT2D eigenvalue weighted by Crippen LogP contribution is 2.12. The predicted molar refractivity (Wildman–Crippen MR) is 80.9 cm³/mol. The molecular formula is C16H24N2O. The standard InChI is InChI=1S/C16H24N2O/c1-13(14-9-7-6-8-10-14)11-15(19)17-12-16(2,3)18(4)5/h6-11H,12H2,1-5H3,(H,17,19)/b13-11+. The van der Waals surface area contributed by atoms with E-state index >= 15 is 0 Å². The molecule has 0 bridgehead atoms. The van der Waals surface area contributed by atoms with Crippen molar-refractivity contribution >= 4 is 11.5 Å². The van der Waals surface area contributed by atoms with Gasteiger partial charge in [-0.15, -0.1) is 0 Å². The SMILES string of the molecule is C/C(=C\C(=O)NCC(C)(C)N(C)C)c1ccccc1. The third-order valence-electron chi connectivity index (χ3n) is 3.48. The Morgan fingerprint density at radius 3 is 2.37 bits per heavy atom. The van der Waals surface area contributed by atoms with Crippen LogP contribution in [-0.2, 0) is 4.79 Å². The molecule has 0 fully saturated rings. The maximum absolute atomic E-state index is 11.9. The van der Waals surface area contributed by atoms with Gasteiger partial charge in [-0.25, -0.2) is 0 Å². The normalized spacial score (nSPS) is 12.6. The van der Waals surface area contributed by atoms with Crippen molar-refractivity contribution in [2.45, 2.75) is 26.3 Å². The molecule has 1 N–H and O–H groups in total. The predicted octanol–water partition coefficient (Wildman–Crippen LogP) is 2.55. The van der Waals surface area contributed by atoms with E-state index in [4.69, 9.17) is 0 Å². The maximum atomic E-state index is 11.9. The van der Waals surface area contributed by atoms with E-state index in [1.807, 2.05) is 51.4 Å². The van der Waals surface area contributed by atoms with Gasteiger partial charge in [0.1, 0.15) is 0 Å². The van der Waals surface area contributed by atoms with Crippen molar-refractivity contribution in [3.63, 3.8) is 0 Å². The molecule has 0 atom stereocenters. The van der Waals surface area contributed by atoms with Crippen LogP contribution in [0.25, 0.3) is 5.57 Å². The van der Waals surface area contributed by atoms with Gasteiger partial charge in [0.05, 0.1) is 0 Å². The number of carbonyl (C=O) groups excluding carboxylic acids is 1. The van der Waals surface area contributed by atoms with Gasteiger partial charge in [0.2, 0.25) is 5.91 Å². The fraction of sp³-hybridized carbons (Fsp3) is 0.438. The van der Waals surface area contributed by atoms with Crippen LogP contribution in [0.2, 0.25) is 0 Å². The van der Waals surface area contributed by atoms with Crippen molar-refractivity contribution in [1.29, 1.82) is 0 Å². The van der Waals surface area contributed by atoms with Gasteiger partial charge < -0.3 is 10.2 Å². The van der Waals surface area contributed by atoms with Crippen molar-refractivity contribution in [2.75, 3.05) is 20.6 Å². The fourth-order valence-corrected chi connectivity index (χ4v) is 1.49. The van der Waals surface area contributed by atoms with Crippen LogP contribution in [0.3, 0.4) is 0 Å². The smallest absolute Gasteiger partial charge is 0.244 e. The van der Waals surface area contributed by atoms with Crippen molar-refractivity contribution in [1.82, 2.24) is 10.2 Å². The molecule has 0 aromatic heterocycles. The molecule has 104 valence electrons. The molecule has 0 aliphatic carbocycles.